The normalized spacial score (nSPS) is 15.5. The van der Waals surface area contributed by atoms with Gasteiger partial charge < -0.3 is 9.80 Å². The molecule has 0 N–H and O–H groups in total. The van der Waals surface area contributed by atoms with Gasteiger partial charge in [-0.05, 0) is 37.1 Å². The molecule has 3 aromatic rings. The van der Waals surface area contributed by atoms with Gasteiger partial charge in [0.15, 0.2) is 5.54 Å². The molecule has 1 aliphatic rings. The Balaban J connectivity index is 1.96. The molecule has 0 unspecified atom stereocenters. The lowest BCUT2D eigenvalue weighted by Crippen LogP contribution is -2.48. The highest BCUT2D eigenvalue weighted by Crippen LogP contribution is 2.42. The Labute approximate surface area is 178 Å². The topological polar surface area (TPSA) is 18.8 Å². The second-order valence-corrected chi connectivity index (χ2v) is 7.90. The van der Waals surface area contributed by atoms with E-state index < -0.39 is 5.54 Å². The van der Waals surface area contributed by atoms with Crippen LogP contribution in [0.5, 0.6) is 0 Å². The van der Waals surface area contributed by atoms with Crippen LogP contribution in [0.25, 0.3) is 0 Å². The molecule has 0 saturated heterocycles. The highest BCUT2D eigenvalue weighted by molar-refractivity contribution is 7.80. The summed E-state index contributed by atoms with van der Waals surface area (Å²) in [7, 11) is 2.05. The van der Waals surface area contributed by atoms with Gasteiger partial charge in [0.05, 0.1) is 0 Å². The second-order valence-electron chi connectivity index (χ2n) is 7.52. The molecule has 0 fully saturated rings. The van der Waals surface area contributed by atoms with E-state index in [-0.39, 0.29) is 6.04 Å². The van der Waals surface area contributed by atoms with Crippen molar-refractivity contribution in [3.63, 3.8) is 0 Å². The maximum atomic E-state index is 6.15. The molecule has 4 heteroatoms. The zero-order valence-corrected chi connectivity index (χ0v) is 17.8. The van der Waals surface area contributed by atoms with E-state index in [1.54, 1.807) is 0 Å². The Morgan fingerprint density at radius 1 is 0.793 bits per heavy atom. The van der Waals surface area contributed by atoms with Crippen molar-refractivity contribution < 1.29 is 0 Å². The van der Waals surface area contributed by atoms with Crippen molar-refractivity contribution in [2.75, 3.05) is 11.9 Å². The van der Waals surface area contributed by atoms with Gasteiger partial charge in [0.1, 0.15) is 4.99 Å². The lowest BCUT2D eigenvalue weighted by molar-refractivity contribution is 0.498. The number of hydrogen-bond acceptors (Lipinski definition) is 3. The smallest absolute Gasteiger partial charge is 0.207 e. The molecule has 0 spiro atoms. The fourth-order valence-corrected chi connectivity index (χ4v) is 4.46. The van der Waals surface area contributed by atoms with Crippen LogP contribution in [0.4, 0.5) is 5.69 Å². The van der Waals surface area contributed by atoms with Gasteiger partial charge >= 0.3 is 0 Å². The molecule has 146 valence electrons. The molecule has 1 heterocycles. The number of hydrogen-bond donors (Lipinski definition) is 0. The summed E-state index contributed by atoms with van der Waals surface area (Å²) in [5.74, 6) is 0.865. The third-order valence-corrected chi connectivity index (χ3v) is 5.85. The average Bonchev–Trinajstić information content (AvgIpc) is 3.09. The van der Waals surface area contributed by atoms with Crippen molar-refractivity contribution in [1.29, 1.82) is 0 Å². The predicted molar refractivity (Wildman–Crippen MR) is 126 cm³/mol. The number of benzene rings is 3. The summed E-state index contributed by atoms with van der Waals surface area (Å²) in [5, 5.41) is 0. The average molecular weight is 400 g/mol. The number of guanidine groups is 1. The van der Waals surface area contributed by atoms with Gasteiger partial charge in [-0.25, -0.2) is 4.99 Å². The standard InChI is InChI=1S/C25H25N3S/c1-19(2)28-23(29)25(20-13-7-4-8-14-20,21-15-9-5-10-16-21)26-24(28)27(3)22-17-11-6-12-18-22/h4-19H,1-3H3. The third-order valence-electron chi connectivity index (χ3n) is 5.35. The van der Waals surface area contributed by atoms with Crippen LogP contribution in [0.1, 0.15) is 25.0 Å². The first-order valence-corrected chi connectivity index (χ1v) is 10.3. The van der Waals surface area contributed by atoms with Gasteiger partial charge in [0.25, 0.3) is 0 Å². The number of anilines is 1. The summed E-state index contributed by atoms with van der Waals surface area (Å²) < 4.78 is 0. The van der Waals surface area contributed by atoms with Gasteiger partial charge in [-0.2, -0.15) is 0 Å². The van der Waals surface area contributed by atoms with Crippen molar-refractivity contribution in [2.45, 2.75) is 25.4 Å². The van der Waals surface area contributed by atoms with E-state index >= 15 is 0 Å². The number of thiocarbonyl (C=S) groups is 1. The summed E-state index contributed by atoms with van der Waals surface area (Å²) >= 11 is 6.15. The molecule has 3 aromatic carbocycles. The second kappa shape index (κ2) is 7.80. The first kappa shape index (κ1) is 19.3. The Hall–Kier alpha value is -2.98. The van der Waals surface area contributed by atoms with Gasteiger partial charge in [0, 0.05) is 18.8 Å². The van der Waals surface area contributed by atoms with Crippen molar-refractivity contribution >= 4 is 28.9 Å². The molecule has 29 heavy (non-hydrogen) atoms. The Morgan fingerprint density at radius 3 is 1.69 bits per heavy atom. The van der Waals surface area contributed by atoms with Gasteiger partial charge in [-0.1, -0.05) is 91.1 Å². The summed E-state index contributed by atoms with van der Waals surface area (Å²) in [4.78, 5) is 10.5. The molecule has 0 bridgehead atoms. The Morgan fingerprint density at radius 2 is 1.24 bits per heavy atom. The highest BCUT2D eigenvalue weighted by Gasteiger charge is 2.49. The molecule has 0 radical (unpaired) electrons. The Bertz CT molecular complexity index is 974. The largest absolute Gasteiger partial charge is 0.315 e. The highest BCUT2D eigenvalue weighted by atomic mass is 32.1. The molecule has 0 saturated carbocycles. The minimum atomic E-state index is -0.722. The van der Waals surface area contributed by atoms with Crippen molar-refractivity contribution in [3.05, 3.63) is 102 Å². The Kier molecular flexibility index (Phi) is 5.20. The van der Waals surface area contributed by atoms with E-state index in [0.717, 1.165) is 27.8 Å². The summed E-state index contributed by atoms with van der Waals surface area (Å²) in [5.41, 5.74) is 2.52. The SMILES string of the molecule is CC(C)N1C(=S)C(c2ccccc2)(c2ccccc2)N=C1N(C)c1ccccc1. The first-order chi connectivity index (χ1) is 14.1. The minimum Gasteiger partial charge on any atom is -0.315 e. The van der Waals surface area contributed by atoms with Crippen LogP contribution in [0.2, 0.25) is 0 Å². The van der Waals surface area contributed by atoms with E-state index in [0.29, 0.717) is 0 Å². The van der Waals surface area contributed by atoms with Crippen LogP contribution in [-0.4, -0.2) is 28.9 Å². The van der Waals surface area contributed by atoms with Gasteiger partial charge in [-0.3, -0.25) is 0 Å². The maximum Gasteiger partial charge on any atom is 0.207 e. The summed E-state index contributed by atoms with van der Waals surface area (Å²) in [6.07, 6.45) is 0. The quantitative estimate of drug-likeness (QED) is 0.542. The lowest BCUT2D eigenvalue weighted by atomic mass is 9.83. The third kappa shape index (κ3) is 3.23. The summed E-state index contributed by atoms with van der Waals surface area (Å²) in [6, 6.07) is 31.2. The molecule has 4 rings (SSSR count). The zero-order valence-electron chi connectivity index (χ0n) is 17.0. The molecule has 0 aromatic heterocycles. The van der Waals surface area contributed by atoms with E-state index in [9.17, 15) is 0 Å². The maximum absolute atomic E-state index is 6.15. The monoisotopic (exact) mass is 399 g/mol. The number of rotatable bonds is 4. The van der Waals surface area contributed by atoms with Crippen LogP contribution in [-0.2, 0) is 5.54 Å². The lowest BCUT2D eigenvalue weighted by Gasteiger charge is -2.33. The van der Waals surface area contributed by atoms with Crippen LogP contribution in [0, 0.1) is 0 Å². The summed E-state index contributed by atoms with van der Waals surface area (Å²) in [6.45, 7) is 4.32. The van der Waals surface area contributed by atoms with E-state index in [2.05, 4.69) is 91.4 Å². The minimum absolute atomic E-state index is 0.182. The predicted octanol–water partition coefficient (Wildman–Crippen LogP) is 5.47. The van der Waals surface area contributed by atoms with Crippen molar-refractivity contribution in [2.24, 2.45) is 4.99 Å². The molecule has 0 atom stereocenters. The number of aliphatic imine (C=N–C) groups is 1. The van der Waals surface area contributed by atoms with E-state index in [1.807, 2.05) is 30.3 Å². The zero-order chi connectivity index (χ0) is 20.4. The molecule has 3 nitrogen and oxygen atoms in total. The molecule has 0 aliphatic carbocycles. The van der Waals surface area contributed by atoms with Crippen LogP contribution >= 0.6 is 12.2 Å². The van der Waals surface area contributed by atoms with E-state index in [1.165, 1.54) is 0 Å². The van der Waals surface area contributed by atoms with Crippen molar-refractivity contribution in [1.82, 2.24) is 4.90 Å². The number of nitrogens with zero attached hydrogens (tertiary/aromatic N) is 3. The molecular formula is C25H25N3S. The number of para-hydroxylation sites is 1. The molecule has 0 amide bonds. The molecule has 1 aliphatic heterocycles. The van der Waals surface area contributed by atoms with Gasteiger partial charge in [0.2, 0.25) is 5.96 Å². The molecular weight excluding hydrogens is 374 g/mol. The van der Waals surface area contributed by atoms with E-state index in [4.69, 9.17) is 17.2 Å². The van der Waals surface area contributed by atoms with Crippen LogP contribution in [0.3, 0.4) is 0 Å². The fourth-order valence-electron chi connectivity index (χ4n) is 3.89. The van der Waals surface area contributed by atoms with Gasteiger partial charge in [-0.15, -0.1) is 0 Å². The van der Waals surface area contributed by atoms with Crippen LogP contribution < -0.4 is 4.90 Å². The fraction of sp³-hybridized carbons (Fsp3) is 0.200. The first-order valence-electron chi connectivity index (χ1n) is 9.89. The van der Waals surface area contributed by atoms with Crippen molar-refractivity contribution in [3.8, 4) is 0 Å². The van der Waals surface area contributed by atoms with Crippen LogP contribution in [0.15, 0.2) is 96.0 Å².